The first-order chi connectivity index (χ1) is 6.24. The van der Waals surface area contributed by atoms with Crippen LogP contribution in [0.25, 0.3) is 21.7 Å². The van der Waals surface area contributed by atoms with Gasteiger partial charge in [0.15, 0.2) is 0 Å². The number of nitrogens with one attached hydrogen (secondary N) is 1. The second kappa shape index (κ2) is 29.3. The molecule has 4 nitrogen and oxygen atoms in total. The molecule has 0 unspecified atom stereocenters. The maximum absolute atomic E-state index is 6.94. The number of hydrogen-bond donors (Lipinski definition) is 0. The van der Waals surface area contributed by atoms with Crippen molar-refractivity contribution < 1.29 is 22.4 Å². The van der Waals surface area contributed by atoms with Gasteiger partial charge in [0.1, 0.15) is 0 Å². The Hall–Kier alpha value is 0.580. The van der Waals surface area contributed by atoms with E-state index in [1.807, 2.05) is 20.8 Å². The van der Waals surface area contributed by atoms with Gasteiger partial charge in [-0.1, -0.05) is 20.8 Å². The van der Waals surface area contributed by atoms with Crippen molar-refractivity contribution in [1.29, 1.82) is 0 Å². The largest absolute Gasteiger partial charge is 0.673 e. The molecule has 0 spiro atoms. The zero-order valence-electron chi connectivity index (χ0n) is 11.8. The first-order valence-corrected chi connectivity index (χ1v) is 4.43. The minimum atomic E-state index is -0.250. The van der Waals surface area contributed by atoms with Crippen LogP contribution in [-0.4, -0.2) is 47.8 Å². The summed E-state index contributed by atoms with van der Waals surface area (Å²) in [6.07, 6.45) is 0. The Kier molecular flexibility index (Phi) is 57.8. The Morgan fingerprint density at radius 1 is 0.667 bits per heavy atom. The summed E-state index contributed by atoms with van der Waals surface area (Å²) in [6.45, 7) is 5.56. The fourth-order valence-corrected chi connectivity index (χ4v) is 0. The maximum Gasteiger partial charge on any atom is 0 e. The Balaban J connectivity index is -0.0000000300. The van der Waals surface area contributed by atoms with Gasteiger partial charge in [0.05, 0.1) is 0 Å². The van der Waals surface area contributed by atoms with Crippen molar-refractivity contribution in [1.82, 2.24) is 0 Å². The van der Waals surface area contributed by atoms with Crippen LogP contribution in [-0.2, 0) is 22.4 Å². The summed E-state index contributed by atoms with van der Waals surface area (Å²) in [5.74, 6) is 0. The summed E-state index contributed by atoms with van der Waals surface area (Å²) in [4.78, 5) is 0. The molecule has 1 radical (unpaired) electrons. The van der Waals surface area contributed by atoms with Gasteiger partial charge in [-0.2, -0.15) is 42.3 Å². The molecule has 0 fully saturated rings. The van der Waals surface area contributed by atoms with E-state index in [1.165, 1.54) is 0 Å². The monoisotopic (exact) mass is 297 g/mol. The summed E-state index contributed by atoms with van der Waals surface area (Å²) in [5.41, 5.74) is 6.69. The molecular weight excluding hydrogens is 269 g/mol. The van der Waals surface area contributed by atoms with E-state index < -0.39 is 0 Å². The third kappa shape index (κ3) is 6850. The molecule has 1 N–H and O–H groups in total. The van der Waals surface area contributed by atoms with Crippen LogP contribution in [0.5, 0.6) is 0 Å². The topological polar surface area (TPSA) is 66.1 Å². The van der Waals surface area contributed by atoms with Crippen molar-refractivity contribution in [3.63, 3.8) is 0 Å². The third-order valence-electron chi connectivity index (χ3n) is 0. The SMILES string of the molecule is CC(C)(C)[NH-].C[N-]C.C[N-]C.C[N-]C.[Nb]. The molecule has 0 aromatic carbocycles. The molecule has 15 heavy (non-hydrogen) atoms. The molecule has 0 atom stereocenters. The second-order valence-electron chi connectivity index (χ2n) is 3.59. The molecular formula is C10H28N4Nb-4. The van der Waals surface area contributed by atoms with Crippen molar-refractivity contribution in [2.45, 2.75) is 26.3 Å². The van der Waals surface area contributed by atoms with Gasteiger partial charge in [-0.15, -0.1) is 5.54 Å². The van der Waals surface area contributed by atoms with Gasteiger partial charge < -0.3 is 21.7 Å². The van der Waals surface area contributed by atoms with Gasteiger partial charge >= 0.3 is 0 Å². The van der Waals surface area contributed by atoms with Crippen LogP contribution in [0.3, 0.4) is 0 Å². The summed E-state index contributed by atoms with van der Waals surface area (Å²) < 4.78 is 0. The fourth-order valence-electron chi connectivity index (χ4n) is 0. The molecule has 0 amide bonds. The number of rotatable bonds is 0. The molecule has 0 aliphatic rings. The molecule has 0 bridgehead atoms. The van der Waals surface area contributed by atoms with E-state index in [0.29, 0.717) is 0 Å². The smallest absolute Gasteiger partial charge is 0 e. The van der Waals surface area contributed by atoms with Gasteiger partial charge in [-0.25, -0.2) is 0 Å². The standard InChI is InChI=1S/C4H10N.3C2H6N.Nb/c1-4(2,3)5;3*1-3-2;/h5H,1-3H3;3*1-2H3;/q4*-1;. The van der Waals surface area contributed by atoms with Crippen molar-refractivity contribution >= 4 is 0 Å². The van der Waals surface area contributed by atoms with Crippen LogP contribution in [0.15, 0.2) is 0 Å². The third-order valence-corrected chi connectivity index (χ3v) is 0. The first kappa shape index (κ1) is 29.6. The second-order valence-corrected chi connectivity index (χ2v) is 3.59. The van der Waals surface area contributed by atoms with Crippen LogP contribution < -0.4 is 0 Å². The molecule has 0 aliphatic carbocycles. The van der Waals surface area contributed by atoms with Crippen LogP contribution in [0.1, 0.15) is 20.8 Å². The average molecular weight is 297 g/mol. The van der Waals surface area contributed by atoms with Crippen LogP contribution in [0.4, 0.5) is 0 Å². The molecule has 0 saturated carbocycles. The van der Waals surface area contributed by atoms with Crippen molar-refractivity contribution in [2.24, 2.45) is 0 Å². The van der Waals surface area contributed by atoms with E-state index in [1.54, 1.807) is 42.3 Å². The van der Waals surface area contributed by atoms with Gasteiger partial charge in [-0.05, 0) is 0 Å². The number of nitrogens with zero attached hydrogens (tertiary/aromatic N) is 3. The van der Waals surface area contributed by atoms with Crippen molar-refractivity contribution in [2.75, 3.05) is 42.3 Å². The van der Waals surface area contributed by atoms with E-state index >= 15 is 0 Å². The van der Waals surface area contributed by atoms with Gasteiger partial charge in [0, 0.05) is 22.4 Å². The molecule has 0 heterocycles. The van der Waals surface area contributed by atoms with Gasteiger partial charge in [0.2, 0.25) is 0 Å². The molecule has 0 aromatic heterocycles. The molecule has 97 valence electrons. The summed E-state index contributed by atoms with van der Waals surface area (Å²) in [5, 5.41) is 10.5. The average Bonchev–Trinajstić information content (AvgIpc) is 1.86. The minimum Gasteiger partial charge on any atom is -0.673 e. The summed E-state index contributed by atoms with van der Waals surface area (Å²) >= 11 is 0. The van der Waals surface area contributed by atoms with E-state index in [2.05, 4.69) is 16.0 Å². The molecule has 0 aliphatic heterocycles. The van der Waals surface area contributed by atoms with Crippen LogP contribution in [0, 0.1) is 0 Å². The van der Waals surface area contributed by atoms with E-state index in [0.717, 1.165) is 0 Å². The Bertz CT molecular complexity index is 54.2. The minimum absolute atomic E-state index is 0. The number of hydrogen-bond acceptors (Lipinski definition) is 0. The Labute approximate surface area is 113 Å². The van der Waals surface area contributed by atoms with Crippen LogP contribution >= 0.6 is 0 Å². The normalized spacial score (nSPS) is 7.60. The predicted octanol–water partition coefficient (Wildman–Crippen LogP) is 3.69. The van der Waals surface area contributed by atoms with E-state index in [-0.39, 0.29) is 27.9 Å². The maximum atomic E-state index is 6.94. The Morgan fingerprint density at radius 2 is 0.667 bits per heavy atom. The Morgan fingerprint density at radius 3 is 0.667 bits per heavy atom. The molecule has 0 aromatic rings. The zero-order valence-corrected chi connectivity index (χ0v) is 14.0. The molecule has 0 saturated heterocycles. The zero-order chi connectivity index (χ0) is 12.6. The molecule has 0 rings (SSSR count). The van der Waals surface area contributed by atoms with E-state index in [4.69, 9.17) is 5.73 Å². The fraction of sp³-hybridized carbons (Fsp3) is 1.00. The van der Waals surface area contributed by atoms with Crippen molar-refractivity contribution in [3.8, 4) is 0 Å². The predicted molar refractivity (Wildman–Crippen MR) is 69.7 cm³/mol. The summed E-state index contributed by atoms with van der Waals surface area (Å²) in [6, 6.07) is 0. The quantitative estimate of drug-likeness (QED) is 0.612. The first-order valence-electron chi connectivity index (χ1n) is 4.43. The summed E-state index contributed by atoms with van der Waals surface area (Å²) in [7, 11) is 10.5. The van der Waals surface area contributed by atoms with Gasteiger partial charge in [-0.3, -0.25) is 0 Å². The molecule has 5 heteroatoms. The van der Waals surface area contributed by atoms with Gasteiger partial charge in [0.25, 0.3) is 0 Å². The van der Waals surface area contributed by atoms with E-state index in [9.17, 15) is 0 Å². The van der Waals surface area contributed by atoms with Crippen LogP contribution in [0.2, 0.25) is 0 Å². The van der Waals surface area contributed by atoms with Crippen molar-refractivity contribution in [3.05, 3.63) is 21.7 Å².